The third-order valence-electron chi connectivity index (χ3n) is 2.28. The van der Waals surface area contributed by atoms with Crippen LogP contribution >= 0.6 is 11.6 Å². The second-order valence-corrected chi connectivity index (χ2v) is 4.06. The van der Waals surface area contributed by atoms with Gasteiger partial charge in [0.15, 0.2) is 5.76 Å². The minimum atomic E-state index is -0.592. The highest BCUT2D eigenvalue weighted by Gasteiger charge is 2.10. The summed E-state index contributed by atoms with van der Waals surface area (Å²) in [5.41, 5.74) is 1.65. The van der Waals surface area contributed by atoms with Gasteiger partial charge < -0.3 is 4.42 Å². The molecule has 0 aliphatic carbocycles. The zero-order valence-corrected chi connectivity index (χ0v) is 10.2. The van der Waals surface area contributed by atoms with Gasteiger partial charge in [-0.05, 0) is 36.8 Å². The molecule has 2 rings (SSSR count). The minimum absolute atomic E-state index is 0.302. The predicted molar refractivity (Wildman–Crippen MR) is 68.8 cm³/mol. The summed E-state index contributed by atoms with van der Waals surface area (Å²) in [6.07, 6.45) is 1.43. The first-order valence-electron chi connectivity index (χ1n) is 5.11. The van der Waals surface area contributed by atoms with Gasteiger partial charge in [-0.2, -0.15) is 0 Å². The van der Waals surface area contributed by atoms with E-state index < -0.39 is 4.92 Å². The van der Waals surface area contributed by atoms with Gasteiger partial charge >= 0.3 is 5.88 Å². The van der Waals surface area contributed by atoms with Crippen LogP contribution in [0, 0.1) is 17.0 Å². The monoisotopic (exact) mass is 264 g/mol. The van der Waals surface area contributed by atoms with Gasteiger partial charge in [0.2, 0.25) is 0 Å². The van der Waals surface area contributed by atoms with E-state index in [4.69, 9.17) is 16.0 Å². The van der Waals surface area contributed by atoms with Crippen molar-refractivity contribution in [2.75, 3.05) is 0 Å². The van der Waals surface area contributed by atoms with E-state index in [2.05, 4.69) is 4.99 Å². The molecule has 92 valence electrons. The van der Waals surface area contributed by atoms with Gasteiger partial charge in [0, 0.05) is 5.02 Å². The van der Waals surface area contributed by atoms with Gasteiger partial charge in [-0.1, -0.05) is 11.6 Å². The summed E-state index contributed by atoms with van der Waals surface area (Å²) in [6.45, 7) is 1.88. The Bertz CT molecular complexity index is 620. The van der Waals surface area contributed by atoms with E-state index >= 15 is 0 Å². The second-order valence-electron chi connectivity index (χ2n) is 3.62. The molecule has 1 aromatic heterocycles. The molecule has 18 heavy (non-hydrogen) atoms. The first-order valence-corrected chi connectivity index (χ1v) is 5.48. The summed E-state index contributed by atoms with van der Waals surface area (Å²) in [4.78, 5) is 14.0. The zero-order valence-electron chi connectivity index (χ0n) is 9.46. The van der Waals surface area contributed by atoms with E-state index in [9.17, 15) is 10.1 Å². The molecule has 0 saturated carbocycles. The van der Waals surface area contributed by atoms with Crippen LogP contribution in [0.2, 0.25) is 5.02 Å². The highest BCUT2D eigenvalue weighted by Crippen LogP contribution is 2.22. The van der Waals surface area contributed by atoms with E-state index in [1.807, 2.05) is 6.92 Å². The van der Waals surface area contributed by atoms with Crippen molar-refractivity contribution in [3.8, 4) is 0 Å². The molecule has 0 aliphatic heterocycles. The largest absolute Gasteiger partial charge is 0.433 e. The number of nitro groups is 1. The fourth-order valence-electron chi connectivity index (χ4n) is 1.41. The summed E-state index contributed by atoms with van der Waals surface area (Å²) in [5.74, 6) is 0.0281. The fourth-order valence-corrected chi connectivity index (χ4v) is 1.63. The average Bonchev–Trinajstić information content (AvgIpc) is 2.76. The number of rotatable bonds is 3. The van der Waals surface area contributed by atoms with E-state index in [1.165, 1.54) is 18.3 Å². The standard InChI is InChI=1S/C12H9ClN2O3/c1-8-6-9(13)2-4-11(8)14-7-10-3-5-12(18-10)15(16)17/h2-7H,1H3/b14-7-. The van der Waals surface area contributed by atoms with E-state index in [0.29, 0.717) is 10.8 Å². The lowest BCUT2D eigenvalue weighted by Gasteiger charge is -1.99. The van der Waals surface area contributed by atoms with Gasteiger partial charge in [-0.25, -0.2) is 0 Å². The SMILES string of the molecule is Cc1cc(Cl)ccc1/N=C\c1ccc([N+](=O)[O-])o1. The molecule has 6 heteroatoms. The topological polar surface area (TPSA) is 68.6 Å². The van der Waals surface area contributed by atoms with Crippen LogP contribution in [0.1, 0.15) is 11.3 Å². The van der Waals surface area contributed by atoms with Crippen LogP contribution in [-0.4, -0.2) is 11.1 Å². The van der Waals surface area contributed by atoms with Crippen LogP contribution in [0.15, 0.2) is 39.7 Å². The highest BCUT2D eigenvalue weighted by atomic mass is 35.5. The van der Waals surface area contributed by atoms with Crippen molar-refractivity contribution < 1.29 is 9.34 Å². The molecule has 0 atom stereocenters. The van der Waals surface area contributed by atoms with Crippen molar-refractivity contribution in [1.82, 2.24) is 0 Å². The lowest BCUT2D eigenvalue weighted by atomic mass is 10.2. The maximum absolute atomic E-state index is 10.4. The zero-order chi connectivity index (χ0) is 13.1. The van der Waals surface area contributed by atoms with Crippen LogP contribution in [0.5, 0.6) is 0 Å². The molecule has 2 aromatic rings. The first kappa shape index (κ1) is 12.3. The van der Waals surface area contributed by atoms with Gasteiger partial charge in [0.05, 0.1) is 18.0 Å². The molecule has 0 radical (unpaired) electrons. The van der Waals surface area contributed by atoms with Crippen LogP contribution in [0.25, 0.3) is 0 Å². The molecule has 0 saturated heterocycles. The molecule has 0 bridgehead atoms. The van der Waals surface area contributed by atoms with E-state index in [0.717, 1.165) is 11.3 Å². The third-order valence-corrected chi connectivity index (χ3v) is 2.52. The fraction of sp³-hybridized carbons (Fsp3) is 0.0833. The lowest BCUT2D eigenvalue weighted by molar-refractivity contribution is -0.402. The lowest BCUT2D eigenvalue weighted by Crippen LogP contribution is -1.83. The van der Waals surface area contributed by atoms with Crippen LogP contribution in [-0.2, 0) is 0 Å². The minimum Gasteiger partial charge on any atom is -0.400 e. The number of benzene rings is 1. The Labute approximate surface area is 108 Å². The summed E-state index contributed by atoms with van der Waals surface area (Å²) >= 11 is 5.83. The Morgan fingerprint density at radius 3 is 2.78 bits per heavy atom. The first-order chi connectivity index (χ1) is 8.56. The average molecular weight is 265 g/mol. The number of hydrogen-bond acceptors (Lipinski definition) is 4. The Morgan fingerprint density at radius 1 is 1.39 bits per heavy atom. The molecule has 0 N–H and O–H groups in total. The van der Waals surface area contributed by atoms with Crippen molar-refractivity contribution in [3.63, 3.8) is 0 Å². The van der Waals surface area contributed by atoms with Crippen molar-refractivity contribution >= 4 is 29.4 Å². The second kappa shape index (κ2) is 5.01. The molecular weight excluding hydrogens is 256 g/mol. The van der Waals surface area contributed by atoms with Gasteiger partial charge in [0.25, 0.3) is 0 Å². The molecule has 1 heterocycles. The molecule has 5 nitrogen and oxygen atoms in total. The van der Waals surface area contributed by atoms with Gasteiger partial charge in [-0.15, -0.1) is 0 Å². The molecule has 0 aliphatic rings. The smallest absolute Gasteiger partial charge is 0.400 e. The molecule has 0 spiro atoms. The highest BCUT2D eigenvalue weighted by molar-refractivity contribution is 6.30. The number of aliphatic imine (C=N–C) groups is 1. The summed E-state index contributed by atoms with van der Waals surface area (Å²) < 4.78 is 4.96. The van der Waals surface area contributed by atoms with Crippen molar-refractivity contribution in [1.29, 1.82) is 0 Å². The van der Waals surface area contributed by atoms with Crippen molar-refractivity contribution in [2.24, 2.45) is 4.99 Å². The maximum Gasteiger partial charge on any atom is 0.433 e. The van der Waals surface area contributed by atoms with E-state index in [-0.39, 0.29) is 5.88 Å². The number of hydrogen-bond donors (Lipinski definition) is 0. The molecule has 0 amide bonds. The Balaban J connectivity index is 2.21. The number of furan rings is 1. The molecule has 0 fully saturated rings. The molecule has 0 unspecified atom stereocenters. The van der Waals surface area contributed by atoms with Crippen LogP contribution in [0.4, 0.5) is 11.6 Å². The molecule has 1 aromatic carbocycles. The summed E-state index contributed by atoms with van der Waals surface area (Å²) in [5, 5.41) is 11.1. The summed E-state index contributed by atoms with van der Waals surface area (Å²) in [7, 11) is 0. The third kappa shape index (κ3) is 2.75. The Morgan fingerprint density at radius 2 is 2.17 bits per heavy atom. The van der Waals surface area contributed by atoms with E-state index in [1.54, 1.807) is 18.2 Å². The van der Waals surface area contributed by atoms with Crippen molar-refractivity contribution in [2.45, 2.75) is 6.92 Å². The van der Waals surface area contributed by atoms with Crippen LogP contribution < -0.4 is 0 Å². The van der Waals surface area contributed by atoms with Crippen molar-refractivity contribution in [3.05, 3.63) is 56.8 Å². The maximum atomic E-state index is 10.4. The number of aryl methyl sites for hydroxylation is 1. The number of halogens is 1. The number of nitrogens with zero attached hydrogens (tertiary/aromatic N) is 2. The van der Waals surface area contributed by atoms with Gasteiger partial charge in [0.1, 0.15) is 4.92 Å². The Kier molecular flexibility index (Phi) is 3.43. The van der Waals surface area contributed by atoms with Gasteiger partial charge in [-0.3, -0.25) is 15.1 Å². The molecular formula is C12H9ClN2O3. The summed E-state index contributed by atoms with van der Waals surface area (Å²) in [6, 6.07) is 8.07. The quantitative estimate of drug-likeness (QED) is 0.479. The van der Waals surface area contributed by atoms with Crippen LogP contribution in [0.3, 0.4) is 0 Å². The normalized spacial score (nSPS) is 11.0. The predicted octanol–water partition coefficient (Wildman–Crippen LogP) is 3.90. The Hall–Kier alpha value is -2.14.